The highest BCUT2D eigenvalue weighted by atomic mass is 14.2. The molecule has 1 aliphatic rings. The smallest absolute Gasteiger partial charge is 0.0260 e. The van der Waals surface area contributed by atoms with Gasteiger partial charge >= 0.3 is 0 Å². The van der Waals surface area contributed by atoms with Gasteiger partial charge in [0.1, 0.15) is 0 Å². The van der Waals surface area contributed by atoms with Crippen LogP contribution in [0, 0.1) is 11.8 Å². The SMILES string of the molecule is CCCc1ccc(/C=C\CCC2CCC(CCC)CC2)cc1. The lowest BCUT2D eigenvalue weighted by atomic mass is 9.78. The van der Waals surface area contributed by atoms with Crippen LogP contribution in [0.3, 0.4) is 0 Å². The van der Waals surface area contributed by atoms with Crippen molar-refractivity contribution in [2.75, 3.05) is 0 Å². The number of aryl methyl sites for hydroxylation is 1. The van der Waals surface area contributed by atoms with E-state index in [1.54, 1.807) is 0 Å². The predicted molar refractivity (Wildman–Crippen MR) is 99.1 cm³/mol. The van der Waals surface area contributed by atoms with Gasteiger partial charge in [-0.3, -0.25) is 0 Å². The second-order valence-corrected chi connectivity index (χ2v) is 7.15. The maximum atomic E-state index is 2.38. The highest BCUT2D eigenvalue weighted by Crippen LogP contribution is 2.33. The zero-order valence-corrected chi connectivity index (χ0v) is 14.7. The van der Waals surface area contributed by atoms with Gasteiger partial charge in [0, 0.05) is 0 Å². The Morgan fingerprint density at radius 2 is 1.50 bits per heavy atom. The molecule has 1 fully saturated rings. The molecule has 0 spiro atoms. The van der Waals surface area contributed by atoms with E-state index in [-0.39, 0.29) is 0 Å². The summed E-state index contributed by atoms with van der Waals surface area (Å²) in [5, 5.41) is 0. The predicted octanol–water partition coefficient (Wildman–Crippen LogP) is 7.04. The summed E-state index contributed by atoms with van der Waals surface area (Å²) in [5.41, 5.74) is 2.81. The molecule has 1 aliphatic carbocycles. The highest BCUT2D eigenvalue weighted by Gasteiger charge is 2.19. The summed E-state index contributed by atoms with van der Waals surface area (Å²) >= 11 is 0. The van der Waals surface area contributed by atoms with E-state index in [0.717, 1.165) is 11.8 Å². The number of hydrogen-bond donors (Lipinski definition) is 0. The van der Waals surface area contributed by atoms with Crippen molar-refractivity contribution in [1.82, 2.24) is 0 Å². The molecule has 1 aromatic rings. The van der Waals surface area contributed by atoms with Crippen molar-refractivity contribution < 1.29 is 0 Å². The summed E-state index contributed by atoms with van der Waals surface area (Å²) in [4.78, 5) is 0. The molecular weight excluding hydrogens is 264 g/mol. The van der Waals surface area contributed by atoms with Crippen LogP contribution >= 0.6 is 0 Å². The Labute approximate surface area is 138 Å². The van der Waals surface area contributed by atoms with E-state index in [9.17, 15) is 0 Å². The molecule has 1 saturated carbocycles. The zero-order chi connectivity index (χ0) is 15.6. The van der Waals surface area contributed by atoms with Gasteiger partial charge < -0.3 is 0 Å². The van der Waals surface area contributed by atoms with E-state index < -0.39 is 0 Å². The largest absolute Gasteiger partial charge is 0.0839 e. The van der Waals surface area contributed by atoms with Gasteiger partial charge in [-0.1, -0.05) is 95.2 Å². The first-order valence-corrected chi connectivity index (χ1v) is 9.57. The molecule has 0 bridgehead atoms. The van der Waals surface area contributed by atoms with Crippen LogP contribution in [0.15, 0.2) is 30.3 Å². The molecule has 0 radical (unpaired) electrons. The molecule has 1 aromatic carbocycles. The lowest BCUT2D eigenvalue weighted by Crippen LogP contribution is -2.14. The van der Waals surface area contributed by atoms with Gasteiger partial charge in [-0.05, 0) is 42.2 Å². The Balaban J connectivity index is 1.66. The third-order valence-corrected chi connectivity index (χ3v) is 5.23. The molecule has 2 rings (SSSR count). The van der Waals surface area contributed by atoms with Crippen molar-refractivity contribution in [2.24, 2.45) is 11.8 Å². The van der Waals surface area contributed by atoms with Gasteiger partial charge in [0.05, 0.1) is 0 Å². The molecule has 0 amide bonds. The monoisotopic (exact) mass is 298 g/mol. The number of benzene rings is 1. The number of allylic oxidation sites excluding steroid dienone is 1. The van der Waals surface area contributed by atoms with Gasteiger partial charge in [0.15, 0.2) is 0 Å². The van der Waals surface area contributed by atoms with E-state index >= 15 is 0 Å². The summed E-state index contributed by atoms with van der Waals surface area (Å²) in [5.74, 6) is 2.03. The summed E-state index contributed by atoms with van der Waals surface area (Å²) in [7, 11) is 0. The summed E-state index contributed by atoms with van der Waals surface area (Å²) in [6.45, 7) is 4.56. The summed E-state index contributed by atoms with van der Waals surface area (Å²) in [6.07, 6.45) is 18.5. The Morgan fingerprint density at radius 3 is 2.09 bits per heavy atom. The third kappa shape index (κ3) is 5.99. The molecule has 0 N–H and O–H groups in total. The van der Waals surface area contributed by atoms with Gasteiger partial charge in [-0.2, -0.15) is 0 Å². The molecule has 0 aliphatic heterocycles. The minimum absolute atomic E-state index is 0.990. The molecule has 22 heavy (non-hydrogen) atoms. The van der Waals surface area contributed by atoms with Crippen molar-refractivity contribution in [2.45, 2.75) is 78.1 Å². The van der Waals surface area contributed by atoms with Crippen LogP contribution in [0.25, 0.3) is 6.08 Å². The summed E-state index contributed by atoms with van der Waals surface area (Å²) < 4.78 is 0. The van der Waals surface area contributed by atoms with Crippen LogP contribution < -0.4 is 0 Å². The van der Waals surface area contributed by atoms with Gasteiger partial charge in [0.2, 0.25) is 0 Å². The molecule has 0 heteroatoms. The average Bonchev–Trinajstić information content (AvgIpc) is 2.55. The van der Waals surface area contributed by atoms with Crippen molar-refractivity contribution in [3.63, 3.8) is 0 Å². The fourth-order valence-electron chi connectivity index (χ4n) is 3.85. The maximum absolute atomic E-state index is 2.38. The van der Waals surface area contributed by atoms with Crippen molar-refractivity contribution in [3.8, 4) is 0 Å². The lowest BCUT2D eigenvalue weighted by molar-refractivity contribution is 0.253. The van der Waals surface area contributed by atoms with Gasteiger partial charge in [-0.25, -0.2) is 0 Å². The standard InChI is InChI=1S/C22H34/c1-3-7-19-11-15-21(16-12-19)9-5-6-10-22-17-13-20(8-4-2)14-18-22/h5,9,11-12,15-16,20,22H,3-4,6-8,10,13-14,17-18H2,1-2H3/b9-5-. The second-order valence-electron chi connectivity index (χ2n) is 7.15. The first-order valence-electron chi connectivity index (χ1n) is 9.57. The number of hydrogen-bond acceptors (Lipinski definition) is 0. The van der Waals surface area contributed by atoms with Crippen LogP contribution in [0.1, 0.15) is 82.8 Å². The van der Waals surface area contributed by atoms with Crippen LogP contribution in [0.2, 0.25) is 0 Å². The second kappa shape index (κ2) is 9.87. The van der Waals surface area contributed by atoms with Crippen molar-refractivity contribution in [1.29, 1.82) is 0 Å². The quantitative estimate of drug-likeness (QED) is 0.483. The van der Waals surface area contributed by atoms with Crippen molar-refractivity contribution >= 4 is 6.08 Å². The van der Waals surface area contributed by atoms with Crippen LogP contribution in [-0.4, -0.2) is 0 Å². The molecule has 0 aromatic heterocycles. The molecule has 122 valence electrons. The average molecular weight is 299 g/mol. The zero-order valence-electron chi connectivity index (χ0n) is 14.7. The fourth-order valence-corrected chi connectivity index (χ4v) is 3.85. The van der Waals surface area contributed by atoms with E-state index in [2.05, 4.69) is 50.3 Å². The first-order chi connectivity index (χ1) is 10.8. The minimum Gasteiger partial charge on any atom is -0.0839 e. The van der Waals surface area contributed by atoms with E-state index in [0.29, 0.717) is 0 Å². The molecule has 0 atom stereocenters. The van der Waals surface area contributed by atoms with E-state index in [4.69, 9.17) is 0 Å². The summed E-state index contributed by atoms with van der Waals surface area (Å²) in [6, 6.07) is 9.07. The van der Waals surface area contributed by atoms with Crippen molar-refractivity contribution in [3.05, 3.63) is 41.5 Å². The van der Waals surface area contributed by atoms with E-state index in [1.807, 2.05) is 0 Å². The Bertz CT molecular complexity index is 418. The number of rotatable bonds is 8. The van der Waals surface area contributed by atoms with Crippen LogP contribution in [0.4, 0.5) is 0 Å². The lowest BCUT2D eigenvalue weighted by Gasteiger charge is -2.28. The fraction of sp³-hybridized carbons (Fsp3) is 0.636. The molecule has 0 unspecified atom stereocenters. The molecule has 0 heterocycles. The van der Waals surface area contributed by atoms with Crippen LogP contribution in [-0.2, 0) is 6.42 Å². The van der Waals surface area contributed by atoms with Crippen LogP contribution in [0.5, 0.6) is 0 Å². The minimum atomic E-state index is 0.990. The Morgan fingerprint density at radius 1 is 0.864 bits per heavy atom. The molecule has 0 nitrogen and oxygen atoms in total. The topological polar surface area (TPSA) is 0 Å². The molecular formula is C22H34. The Kier molecular flexibility index (Phi) is 7.77. The third-order valence-electron chi connectivity index (χ3n) is 5.23. The van der Waals surface area contributed by atoms with Gasteiger partial charge in [-0.15, -0.1) is 0 Å². The normalized spacial score (nSPS) is 22.3. The highest BCUT2D eigenvalue weighted by molar-refractivity contribution is 5.49. The van der Waals surface area contributed by atoms with E-state index in [1.165, 1.54) is 75.3 Å². The Hall–Kier alpha value is -1.04. The maximum Gasteiger partial charge on any atom is -0.0260 e. The van der Waals surface area contributed by atoms with Gasteiger partial charge in [0.25, 0.3) is 0 Å². The first kappa shape index (κ1) is 17.3. The molecule has 0 saturated heterocycles.